The van der Waals surface area contributed by atoms with Crippen LogP contribution in [0.1, 0.15) is 36.3 Å². The highest BCUT2D eigenvalue weighted by molar-refractivity contribution is 6.01. The molecule has 1 aliphatic heterocycles. The fourth-order valence-corrected chi connectivity index (χ4v) is 4.65. The Kier molecular flexibility index (Phi) is 4.34. The third-order valence-corrected chi connectivity index (χ3v) is 6.08. The molecule has 0 saturated heterocycles. The van der Waals surface area contributed by atoms with Crippen molar-refractivity contribution in [2.45, 2.75) is 25.2 Å². The molecule has 2 aromatic carbocycles. The summed E-state index contributed by atoms with van der Waals surface area (Å²) < 4.78 is 0. The number of nitriles is 2. The van der Waals surface area contributed by atoms with Gasteiger partial charge in [-0.05, 0) is 66.3 Å². The molecule has 0 bridgehead atoms. The molecule has 31 heavy (non-hydrogen) atoms. The number of ketones is 1. The first kappa shape index (κ1) is 18.7. The van der Waals surface area contributed by atoms with Gasteiger partial charge in [0, 0.05) is 35.1 Å². The Morgan fingerprint density at radius 3 is 2.58 bits per heavy atom. The van der Waals surface area contributed by atoms with Crippen molar-refractivity contribution in [1.29, 1.82) is 10.5 Å². The highest BCUT2D eigenvalue weighted by Gasteiger charge is 2.40. The summed E-state index contributed by atoms with van der Waals surface area (Å²) >= 11 is 0. The Hall–Kier alpha value is -4.29. The van der Waals surface area contributed by atoms with Crippen LogP contribution in [-0.2, 0) is 4.79 Å². The molecule has 5 rings (SSSR count). The topological polar surface area (TPSA) is 110 Å². The molecule has 3 aromatic rings. The van der Waals surface area contributed by atoms with Crippen LogP contribution in [-0.4, -0.2) is 10.8 Å². The van der Waals surface area contributed by atoms with Crippen molar-refractivity contribution in [3.8, 4) is 12.1 Å². The highest BCUT2D eigenvalue weighted by Crippen LogP contribution is 2.46. The number of nitrogens with zero attached hydrogens (tertiary/aromatic N) is 3. The van der Waals surface area contributed by atoms with Crippen LogP contribution < -0.4 is 10.6 Å². The molecule has 0 unspecified atom stereocenters. The third kappa shape index (κ3) is 2.89. The number of nitrogens with two attached hydrogens (primary N) is 1. The number of hydrogen-bond acceptors (Lipinski definition) is 5. The second-order valence-corrected chi connectivity index (χ2v) is 7.80. The molecule has 150 valence electrons. The molecule has 0 fully saturated rings. The molecule has 6 heteroatoms. The number of carbonyl (C=O) groups is 1. The largest absolute Gasteiger partial charge is 0.384 e. The van der Waals surface area contributed by atoms with Crippen LogP contribution in [0.25, 0.3) is 10.9 Å². The quantitative estimate of drug-likeness (QED) is 0.659. The standard InChI is InChI=1S/C25H19N5O/c26-13-15-4-7-18(8-5-15)30-21-2-1-3-22(31)24(21)23(19(14-27)25(30)28)17-6-9-20-16(12-17)10-11-29-20/h4-12,23,29H,1-3,28H2/t23-/m0/s1. The van der Waals surface area contributed by atoms with Crippen LogP contribution in [0.4, 0.5) is 5.69 Å². The van der Waals surface area contributed by atoms with Crippen LogP contribution >= 0.6 is 0 Å². The molecule has 0 saturated carbocycles. The van der Waals surface area contributed by atoms with Gasteiger partial charge in [0.2, 0.25) is 0 Å². The van der Waals surface area contributed by atoms with E-state index >= 15 is 0 Å². The Morgan fingerprint density at radius 1 is 1.03 bits per heavy atom. The summed E-state index contributed by atoms with van der Waals surface area (Å²) in [7, 11) is 0. The van der Waals surface area contributed by atoms with Gasteiger partial charge in [0.15, 0.2) is 5.78 Å². The summed E-state index contributed by atoms with van der Waals surface area (Å²) in [6.45, 7) is 0. The van der Waals surface area contributed by atoms with E-state index in [2.05, 4.69) is 17.1 Å². The minimum atomic E-state index is -0.485. The summed E-state index contributed by atoms with van der Waals surface area (Å²) in [4.78, 5) is 18.2. The Bertz CT molecular complexity index is 1360. The third-order valence-electron chi connectivity index (χ3n) is 6.08. The number of carbonyl (C=O) groups excluding carboxylic acids is 1. The minimum absolute atomic E-state index is 0.0549. The molecule has 6 nitrogen and oxygen atoms in total. The molecule has 1 atom stereocenters. The fourth-order valence-electron chi connectivity index (χ4n) is 4.65. The molecular weight excluding hydrogens is 386 g/mol. The number of H-pyrrole nitrogens is 1. The molecule has 2 aliphatic rings. The number of Topliss-reactive ketones (excluding diaryl/α,β-unsaturated/α-hetero) is 1. The monoisotopic (exact) mass is 405 g/mol. The molecule has 1 aliphatic carbocycles. The van der Waals surface area contributed by atoms with Crippen LogP contribution in [0.5, 0.6) is 0 Å². The zero-order valence-electron chi connectivity index (χ0n) is 16.7. The molecular formula is C25H19N5O. The first-order valence-corrected chi connectivity index (χ1v) is 10.2. The van der Waals surface area contributed by atoms with Gasteiger partial charge in [-0.15, -0.1) is 0 Å². The van der Waals surface area contributed by atoms with Gasteiger partial charge >= 0.3 is 0 Å². The van der Waals surface area contributed by atoms with Gasteiger partial charge in [0.1, 0.15) is 5.82 Å². The first-order valence-electron chi connectivity index (χ1n) is 10.2. The lowest BCUT2D eigenvalue weighted by atomic mass is 9.75. The van der Waals surface area contributed by atoms with E-state index in [9.17, 15) is 10.1 Å². The average Bonchev–Trinajstić information content (AvgIpc) is 3.26. The summed E-state index contributed by atoms with van der Waals surface area (Å²) in [5.41, 5.74) is 11.6. The molecule has 2 heterocycles. The number of anilines is 1. The molecule has 0 radical (unpaired) electrons. The number of aromatic nitrogens is 1. The van der Waals surface area contributed by atoms with Gasteiger partial charge in [-0.25, -0.2) is 0 Å². The van der Waals surface area contributed by atoms with E-state index in [4.69, 9.17) is 11.0 Å². The van der Waals surface area contributed by atoms with Crippen molar-refractivity contribution in [3.05, 3.63) is 88.5 Å². The zero-order chi connectivity index (χ0) is 21.5. The van der Waals surface area contributed by atoms with Crippen molar-refractivity contribution in [3.63, 3.8) is 0 Å². The fraction of sp³-hybridized carbons (Fsp3) is 0.160. The lowest BCUT2D eigenvalue weighted by molar-refractivity contribution is -0.116. The summed E-state index contributed by atoms with van der Waals surface area (Å²) in [6.07, 6.45) is 3.77. The van der Waals surface area contributed by atoms with Gasteiger partial charge in [0.05, 0.1) is 29.2 Å². The van der Waals surface area contributed by atoms with Crippen LogP contribution in [0.15, 0.2) is 77.4 Å². The van der Waals surface area contributed by atoms with E-state index in [0.29, 0.717) is 35.4 Å². The second-order valence-electron chi connectivity index (χ2n) is 7.80. The maximum Gasteiger partial charge on any atom is 0.161 e. The SMILES string of the molecule is N#CC1=C(N)N(c2ccc(C#N)cc2)C2=C(C(=O)CCC2)[C@H]1c1ccc2[nH]ccc2c1. The van der Waals surface area contributed by atoms with E-state index < -0.39 is 5.92 Å². The van der Waals surface area contributed by atoms with Crippen molar-refractivity contribution >= 4 is 22.4 Å². The predicted molar refractivity (Wildman–Crippen MR) is 117 cm³/mol. The summed E-state index contributed by atoms with van der Waals surface area (Å²) in [5.74, 6) is -0.0964. The Morgan fingerprint density at radius 2 is 1.84 bits per heavy atom. The summed E-state index contributed by atoms with van der Waals surface area (Å²) in [6, 6.07) is 19.3. The number of allylic oxidation sites excluding steroid dienone is 3. The smallest absolute Gasteiger partial charge is 0.161 e. The molecule has 0 amide bonds. The van der Waals surface area contributed by atoms with E-state index in [0.717, 1.165) is 34.3 Å². The van der Waals surface area contributed by atoms with Crippen LogP contribution in [0, 0.1) is 22.7 Å². The van der Waals surface area contributed by atoms with E-state index in [1.807, 2.05) is 35.4 Å². The predicted octanol–water partition coefficient (Wildman–Crippen LogP) is 4.34. The van der Waals surface area contributed by atoms with Crippen molar-refractivity contribution in [2.24, 2.45) is 5.73 Å². The Labute approximate surface area is 179 Å². The molecule has 1 aromatic heterocycles. The molecule has 3 N–H and O–H groups in total. The normalized spacial score (nSPS) is 18.7. The zero-order valence-corrected chi connectivity index (χ0v) is 16.7. The van der Waals surface area contributed by atoms with E-state index in [-0.39, 0.29) is 5.78 Å². The number of rotatable bonds is 2. The number of fused-ring (bicyclic) bond motifs is 1. The minimum Gasteiger partial charge on any atom is -0.384 e. The average molecular weight is 405 g/mol. The molecule has 0 spiro atoms. The lowest BCUT2D eigenvalue weighted by Crippen LogP contribution is -2.38. The number of benzene rings is 2. The van der Waals surface area contributed by atoms with Crippen molar-refractivity contribution in [2.75, 3.05) is 4.90 Å². The van der Waals surface area contributed by atoms with Gasteiger partial charge < -0.3 is 10.7 Å². The van der Waals surface area contributed by atoms with Gasteiger partial charge in [-0.1, -0.05) is 6.07 Å². The van der Waals surface area contributed by atoms with E-state index in [1.54, 1.807) is 24.3 Å². The van der Waals surface area contributed by atoms with Gasteiger partial charge in [0.25, 0.3) is 0 Å². The first-order chi connectivity index (χ1) is 15.1. The van der Waals surface area contributed by atoms with E-state index in [1.165, 1.54) is 0 Å². The van der Waals surface area contributed by atoms with Crippen LogP contribution in [0.2, 0.25) is 0 Å². The number of aromatic amines is 1. The maximum absolute atomic E-state index is 13.2. The van der Waals surface area contributed by atoms with Gasteiger partial charge in [-0.3, -0.25) is 9.69 Å². The highest BCUT2D eigenvalue weighted by atomic mass is 16.1. The van der Waals surface area contributed by atoms with Gasteiger partial charge in [-0.2, -0.15) is 10.5 Å². The van der Waals surface area contributed by atoms with Crippen molar-refractivity contribution in [1.82, 2.24) is 4.98 Å². The summed E-state index contributed by atoms with van der Waals surface area (Å²) in [5, 5.41) is 20.2. The second kappa shape index (κ2) is 7.19. The van der Waals surface area contributed by atoms with Crippen molar-refractivity contribution < 1.29 is 4.79 Å². The maximum atomic E-state index is 13.2. The van der Waals surface area contributed by atoms with Crippen LogP contribution in [0.3, 0.4) is 0 Å². The number of hydrogen-bond donors (Lipinski definition) is 2. The Balaban J connectivity index is 1.73. The number of nitrogens with one attached hydrogen (secondary N) is 1. The lowest BCUT2D eigenvalue weighted by Gasteiger charge is -2.39.